The van der Waals surface area contributed by atoms with Gasteiger partial charge in [-0.1, -0.05) is 183 Å². The van der Waals surface area contributed by atoms with Gasteiger partial charge in [0.1, 0.15) is 0 Å². The number of anilines is 1. The zero-order chi connectivity index (χ0) is 43.9. The van der Waals surface area contributed by atoms with Gasteiger partial charge in [-0.05, 0) is 140 Å². The lowest BCUT2D eigenvalue weighted by Gasteiger charge is -2.31. The highest BCUT2D eigenvalue weighted by Crippen LogP contribution is 2.44. The minimum atomic E-state index is 0.625. The van der Waals surface area contributed by atoms with Crippen molar-refractivity contribution >= 4 is 57.9 Å². The van der Waals surface area contributed by atoms with E-state index < -0.39 is 0 Å². The van der Waals surface area contributed by atoms with Crippen molar-refractivity contribution in [3.05, 3.63) is 209 Å². The molecule has 0 aromatic heterocycles. The molecule has 61 heavy (non-hydrogen) atoms. The van der Waals surface area contributed by atoms with Crippen LogP contribution < -0.4 is 15.3 Å². The molecular weight excluding hydrogens is 737 g/mol. The zero-order valence-corrected chi connectivity index (χ0v) is 37.6. The summed E-state index contributed by atoms with van der Waals surface area (Å²) < 4.78 is 0. The van der Waals surface area contributed by atoms with Gasteiger partial charge in [-0.25, -0.2) is 0 Å². The molecule has 0 unspecified atom stereocenters. The molecule has 0 N–H and O–H groups in total. The van der Waals surface area contributed by atoms with E-state index in [1.165, 1.54) is 43.8 Å². The maximum absolute atomic E-state index is 4.85. The Morgan fingerprint density at radius 2 is 1.23 bits per heavy atom. The molecule has 0 aliphatic carbocycles. The van der Waals surface area contributed by atoms with Crippen LogP contribution in [0.3, 0.4) is 0 Å². The van der Waals surface area contributed by atoms with Crippen LogP contribution in [0.25, 0.3) is 62.0 Å². The molecule has 6 rings (SSSR count). The molecule has 2 nitrogen and oxygen atoms in total. The van der Waals surface area contributed by atoms with Crippen LogP contribution in [0.5, 0.6) is 0 Å². The molecule has 0 fully saturated rings. The maximum Gasteiger partial charge on any atom is 0.0950 e. The predicted octanol–water partition coefficient (Wildman–Crippen LogP) is 15.7. The summed E-state index contributed by atoms with van der Waals surface area (Å²) in [6.07, 6.45) is 20.2. The predicted molar refractivity (Wildman–Crippen MR) is 274 cm³/mol. The lowest BCUT2D eigenvalue weighted by atomic mass is 9.89. The van der Waals surface area contributed by atoms with Crippen LogP contribution in [0.4, 0.5) is 11.4 Å². The monoisotopic (exact) mass is 798 g/mol. The average Bonchev–Trinajstić information content (AvgIpc) is 3.28. The first kappa shape index (κ1) is 45.3. The fraction of sp³-hybridized carbons (Fsp3) is 0.169. The van der Waals surface area contributed by atoms with Gasteiger partial charge in [-0.2, -0.15) is 0 Å². The van der Waals surface area contributed by atoms with Crippen molar-refractivity contribution < 1.29 is 0 Å². The summed E-state index contributed by atoms with van der Waals surface area (Å²) in [5, 5.41) is 6.71. The third-order valence-electron chi connectivity index (χ3n) is 11.0. The Kier molecular flexibility index (Phi) is 16.3. The van der Waals surface area contributed by atoms with E-state index in [9.17, 15) is 0 Å². The second kappa shape index (κ2) is 22.0. The quantitative estimate of drug-likeness (QED) is 0.0645. The van der Waals surface area contributed by atoms with Crippen LogP contribution in [-0.4, -0.2) is 13.3 Å². The third-order valence-corrected chi connectivity index (χ3v) is 11.0. The number of rotatable bonds is 13. The summed E-state index contributed by atoms with van der Waals surface area (Å²) in [7, 11) is 0. The Morgan fingerprint density at radius 1 is 0.656 bits per heavy atom. The van der Waals surface area contributed by atoms with E-state index in [-0.39, 0.29) is 0 Å². The van der Waals surface area contributed by atoms with E-state index >= 15 is 0 Å². The number of hydrogen-bond acceptors (Lipinski definition) is 2. The van der Waals surface area contributed by atoms with Gasteiger partial charge in [0, 0.05) is 23.4 Å². The first-order valence-corrected chi connectivity index (χ1v) is 21.3. The molecule has 0 amide bonds. The molecule has 0 saturated carbocycles. The minimum Gasteiger partial charge on any atom is -0.339 e. The van der Waals surface area contributed by atoms with E-state index in [1.54, 1.807) is 0 Å². The number of nitrogens with zero attached hydrogens (tertiary/aromatic N) is 2. The molecule has 0 aliphatic heterocycles. The summed E-state index contributed by atoms with van der Waals surface area (Å²) in [5.41, 5.74) is 13.4. The normalized spacial score (nSPS) is 13.0. The van der Waals surface area contributed by atoms with Gasteiger partial charge in [-0.15, -0.1) is 0 Å². The van der Waals surface area contributed by atoms with Crippen LogP contribution in [0.15, 0.2) is 198 Å². The SMILES string of the molecule is C/C=C(C)/C(C)=C/C=C(\C)c1ccccc1.C=Nc1c(N(CC(=C)C)/C(C)=C/C=C\CC)c(-c2ccc3ccccc3c2)c(=C)/c(=C\C=C/C)c1-c1ccc2ccccc2c1. The van der Waals surface area contributed by atoms with Gasteiger partial charge >= 0.3 is 0 Å². The van der Waals surface area contributed by atoms with Gasteiger partial charge in [0.2, 0.25) is 0 Å². The second-order valence-electron chi connectivity index (χ2n) is 15.5. The average molecular weight is 799 g/mol. The number of allylic oxidation sites excluding steroid dienone is 12. The summed E-state index contributed by atoms with van der Waals surface area (Å²) in [6, 6.07) is 40.7. The molecule has 0 heterocycles. The van der Waals surface area contributed by atoms with Gasteiger partial charge in [0.15, 0.2) is 0 Å². The van der Waals surface area contributed by atoms with Crippen LogP contribution in [0.1, 0.15) is 67.4 Å². The Bertz CT molecular complexity index is 2820. The molecule has 0 aliphatic rings. The third kappa shape index (κ3) is 11.3. The second-order valence-corrected chi connectivity index (χ2v) is 15.5. The van der Waals surface area contributed by atoms with E-state index in [0.717, 1.165) is 61.8 Å². The van der Waals surface area contributed by atoms with E-state index in [1.807, 2.05) is 13.0 Å². The van der Waals surface area contributed by atoms with Gasteiger partial charge in [-0.3, -0.25) is 4.99 Å². The van der Waals surface area contributed by atoms with E-state index in [2.05, 4.69) is 231 Å². The molecule has 308 valence electrons. The van der Waals surface area contributed by atoms with Crippen molar-refractivity contribution in [3.63, 3.8) is 0 Å². The fourth-order valence-electron chi connectivity index (χ4n) is 7.37. The number of benzene rings is 6. The Hall–Kier alpha value is -6.77. The lowest BCUT2D eigenvalue weighted by molar-refractivity contribution is 0.969. The van der Waals surface area contributed by atoms with Gasteiger partial charge in [0.25, 0.3) is 0 Å². The van der Waals surface area contributed by atoms with Crippen LogP contribution in [0.2, 0.25) is 0 Å². The van der Waals surface area contributed by atoms with Crippen LogP contribution in [-0.2, 0) is 0 Å². The smallest absolute Gasteiger partial charge is 0.0950 e. The Labute approximate surface area is 365 Å². The Balaban J connectivity index is 0.000000370. The maximum atomic E-state index is 4.85. The molecule has 0 atom stereocenters. The van der Waals surface area contributed by atoms with Crippen molar-refractivity contribution in [3.8, 4) is 22.3 Å². The van der Waals surface area contributed by atoms with E-state index in [0.29, 0.717) is 6.54 Å². The highest BCUT2D eigenvalue weighted by atomic mass is 15.2. The molecule has 6 aromatic rings. The molecule has 0 radical (unpaired) electrons. The van der Waals surface area contributed by atoms with Crippen molar-refractivity contribution in [1.29, 1.82) is 0 Å². The van der Waals surface area contributed by atoms with Crippen molar-refractivity contribution in [2.45, 2.75) is 61.8 Å². The number of aliphatic imine (C=N–C) groups is 1. The highest BCUT2D eigenvalue weighted by Gasteiger charge is 2.25. The molecule has 0 bridgehead atoms. The molecule has 0 spiro atoms. The molecular formula is C59H62N2. The van der Waals surface area contributed by atoms with Crippen molar-refractivity contribution in [2.75, 3.05) is 11.4 Å². The number of fused-ring (bicyclic) bond motifs is 2. The minimum absolute atomic E-state index is 0.625. The lowest BCUT2D eigenvalue weighted by Crippen LogP contribution is -2.33. The number of hydrogen-bond donors (Lipinski definition) is 0. The van der Waals surface area contributed by atoms with Gasteiger partial charge < -0.3 is 4.90 Å². The van der Waals surface area contributed by atoms with Crippen LogP contribution >= 0.6 is 0 Å². The molecule has 0 saturated heterocycles. The first-order chi connectivity index (χ1) is 29.5. The summed E-state index contributed by atoms with van der Waals surface area (Å²) in [6.45, 7) is 30.8. The van der Waals surface area contributed by atoms with E-state index in [4.69, 9.17) is 11.6 Å². The topological polar surface area (TPSA) is 15.6 Å². The van der Waals surface area contributed by atoms with Crippen molar-refractivity contribution in [1.82, 2.24) is 0 Å². The summed E-state index contributed by atoms with van der Waals surface area (Å²) >= 11 is 0. The van der Waals surface area contributed by atoms with Crippen LogP contribution in [0, 0.1) is 0 Å². The van der Waals surface area contributed by atoms with Crippen molar-refractivity contribution in [2.24, 2.45) is 4.99 Å². The standard InChI is InChI=1S/C43H42N2.C16H20/c1-8-10-12-17-31(5)45(29-30(3)4)43-40(37-25-23-33-18-13-15-20-35(33)27-37)32(6)39(22-11-9-2)41(42(43)44-7)38-26-24-34-19-14-16-21-36(34)28-38;1-5-13(2)14(3)11-12-15(4)16-9-7-6-8-10-16/h9-28H,3,6-8,29H2,1-2,4-5H3;5-12H,1-4H3/b11-9-,12-10-,31-17+,39-22+;13-5+,14-11+,15-12+. The fourth-order valence-corrected chi connectivity index (χ4v) is 7.37. The highest BCUT2D eigenvalue weighted by molar-refractivity contribution is 6.01. The summed E-state index contributed by atoms with van der Waals surface area (Å²) in [4.78, 5) is 7.18. The molecule has 2 heteroatoms. The first-order valence-electron chi connectivity index (χ1n) is 21.3. The summed E-state index contributed by atoms with van der Waals surface area (Å²) in [5.74, 6) is 0. The van der Waals surface area contributed by atoms with Gasteiger partial charge in [0.05, 0.1) is 11.4 Å². The Morgan fingerprint density at radius 3 is 1.77 bits per heavy atom. The zero-order valence-electron chi connectivity index (χ0n) is 37.6. The largest absolute Gasteiger partial charge is 0.339 e. The molecule has 6 aromatic carbocycles.